The predicted molar refractivity (Wildman–Crippen MR) is 81.3 cm³/mol. The molecule has 0 aliphatic carbocycles. The van der Waals surface area contributed by atoms with Crippen LogP contribution in [0.15, 0.2) is 24.3 Å². The van der Waals surface area contributed by atoms with E-state index in [1.807, 2.05) is 20.8 Å². The lowest BCUT2D eigenvalue weighted by molar-refractivity contribution is -0.128. The van der Waals surface area contributed by atoms with Gasteiger partial charge in [-0.1, -0.05) is 65.8 Å². The summed E-state index contributed by atoms with van der Waals surface area (Å²) in [6.45, 7) is 13.1. The Morgan fingerprint density at radius 3 is 1.95 bits per heavy atom. The number of hydrogen-bond donors (Lipinski definition) is 1. The Hall–Kier alpha value is -1.31. The highest BCUT2D eigenvalue weighted by atomic mass is 16.2. The van der Waals surface area contributed by atoms with Crippen LogP contribution in [0.3, 0.4) is 0 Å². The molecule has 0 unspecified atom stereocenters. The fourth-order valence-electron chi connectivity index (χ4n) is 1.76. The molecule has 0 radical (unpaired) electrons. The molecule has 0 fully saturated rings. The average Bonchev–Trinajstić information content (AvgIpc) is 2.27. The maximum atomic E-state index is 11.7. The van der Waals surface area contributed by atoms with Crippen molar-refractivity contribution in [3.05, 3.63) is 35.4 Å². The van der Waals surface area contributed by atoms with Crippen LogP contribution >= 0.6 is 0 Å². The van der Waals surface area contributed by atoms with Gasteiger partial charge in [-0.15, -0.1) is 0 Å². The Bertz CT molecular complexity index is 418. The molecule has 1 aromatic rings. The first kappa shape index (κ1) is 15.7. The van der Waals surface area contributed by atoms with Crippen LogP contribution in [0.25, 0.3) is 0 Å². The van der Waals surface area contributed by atoms with Gasteiger partial charge >= 0.3 is 0 Å². The highest BCUT2D eigenvalue weighted by Gasteiger charge is 2.20. The van der Waals surface area contributed by atoms with Crippen LogP contribution < -0.4 is 5.32 Å². The van der Waals surface area contributed by atoms with Gasteiger partial charge in [-0.3, -0.25) is 4.79 Å². The summed E-state index contributed by atoms with van der Waals surface area (Å²) in [6.07, 6.45) is 0.881. The quantitative estimate of drug-likeness (QED) is 0.883. The molecule has 19 heavy (non-hydrogen) atoms. The number of rotatable bonds is 3. The number of carbonyl (C=O) groups is 1. The van der Waals surface area contributed by atoms with Crippen molar-refractivity contribution in [2.45, 2.75) is 53.4 Å². The molecule has 1 aromatic carbocycles. The summed E-state index contributed by atoms with van der Waals surface area (Å²) in [6, 6.07) is 8.68. The van der Waals surface area contributed by atoms with E-state index in [0.29, 0.717) is 6.54 Å². The van der Waals surface area contributed by atoms with E-state index in [9.17, 15) is 4.79 Å². The first-order valence-corrected chi connectivity index (χ1v) is 6.98. The van der Waals surface area contributed by atoms with Crippen molar-refractivity contribution in [2.24, 2.45) is 5.41 Å². The van der Waals surface area contributed by atoms with Gasteiger partial charge in [0.2, 0.25) is 5.91 Å². The molecule has 2 nitrogen and oxygen atoms in total. The maximum absolute atomic E-state index is 11.7. The molecule has 0 saturated carbocycles. The van der Waals surface area contributed by atoms with Crippen molar-refractivity contribution in [3.63, 3.8) is 0 Å². The van der Waals surface area contributed by atoms with Crippen molar-refractivity contribution in [1.82, 2.24) is 5.32 Å². The van der Waals surface area contributed by atoms with E-state index in [2.05, 4.69) is 50.4 Å². The van der Waals surface area contributed by atoms with Gasteiger partial charge in [0.05, 0.1) is 0 Å². The van der Waals surface area contributed by atoms with Gasteiger partial charge in [-0.2, -0.15) is 0 Å². The zero-order chi connectivity index (χ0) is 14.7. The molecule has 0 spiro atoms. The molecular weight excluding hydrogens is 234 g/mol. The third-order valence-electron chi connectivity index (χ3n) is 3.20. The third kappa shape index (κ3) is 5.06. The van der Waals surface area contributed by atoms with Gasteiger partial charge in [0.15, 0.2) is 0 Å². The largest absolute Gasteiger partial charge is 0.355 e. The molecule has 0 bridgehead atoms. The van der Waals surface area contributed by atoms with Crippen LogP contribution in [0.5, 0.6) is 0 Å². The standard InChI is InChI=1S/C17H27NO/c1-16(2,3)14-9-7-13(8-10-14)11-12-18-15(19)17(4,5)6/h7-10H,11-12H2,1-6H3,(H,18,19). The average molecular weight is 261 g/mol. The molecule has 1 rings (SSSR count). The third-order valence-corrected chi connectivity index (χ3v) is 3.20. The minimum atomic E-state index is -0.309. The number of carbonyl (C=O) groups excluding carboxylic acids is 1. The number of benzene rings is 1. The van der Waals surface area contributed by atoms with Crippen molar-refractivity contribution in [1.29, 1.82) is 0 Å². The monoisotopic (exact) mass is 261 g/mol. The molecule has 2 heteroatoms. The van der Waals surface area contributed by atoms with Gasteiger partial charge in [0.1, 0.15) is 0 Å². The molecule has 0 aliphatic rings. The van der Waals surface area contributed by atoms with Gasteiger partial charge in [-0.05, 0) is 23.0 Å². The summed E-state index contributed by atoms with van der Waals surface area (Å²) in [5, 5.41) is 2.98. The Morgan fingerprint density at radius 1 is 1.00 bits per heavy atom. The summed E-state index contributed by atoms with van der Waals surface area (Å²) in [5.74, 6) is 0.110. The SMILES string of the molecule is CC(C)(C)C(=O)NCCc1ccc(C(C)(C)C)cc1. The van der Waals surface area contributed by atoms with Crippen LogP contribution in [-0.4, -0.2) is 12.5 Å². The van der Waals surface area contributed by atoms with E-state index in [1.54, 1.807) is 0 Å². The summed E-state index contributed by atoms with van der Waals surface area (Å²) in [4.78, 5) is 11.7. The van der Waals surface area contributed by atoms with Crippen LogP contribution in [-0.2, 0) is 16.6 Å². The van der Waals surface area contributed by atoms with E-state index in [-0.39, 0.29) is 16.7 Å². The Morgan fingerprint density at radius 2 is 1.53 bits per heavy atom. The minimum absolute atomic E-state index is 0.110. The number of nitrogens with one attached hydrogen (secondary N) is 1. The second-order valence-corrected chi connectivity index (χ2v) is 7.20. The molecule has 1 amide bonds. The minimum Gasteiger partial charge on any atom is -0.355 e. The summed E-state index contributed by atoms with van der Waals surface area (Å²) >= 11 is 0. The van der Waals surface area contributed by atoms with E-state index in [0.717, 1.165) is 6.42 Å². The molecule has 0 aliphatic heterocycles. The fraction of sp³-hybridized carbons (Fsp3) is 0.588. The molecular formula is C17H27NO. The summed E-state index contributed by atoms with van der Waals surface area (Å²) < 4.78 is 0. The smallest absolute Gasteiger partial charge is 0.225 e. The van der Waals surface area contributed by atoms with E-state index < -0.39 is 0 Å². The summed E-state index contributed by atoms with van der Waals surface area (Å²) in [7, 11) is 0. The van der Waals surface area contributed by atoms with Crippen molar-refractivity contribution < 1.29 is 4.79 Å². The molecule has 0 atom stereocenters. The number of amides is 1. The van der Waals surface area contributed by atoms with Crippen LogP contribution in [0, 0.1) is 5.41 Å². The van der Waals surface area contributed by atoms with E-state index in [4.69, 9.17) is 0 Å². The first-order valence-electron chi connectivity index (χ1n) is 6.98. The van der Waals surface area contributed by atoms with Crippen LogP contribution in [0.2, 0.25) is 0 Å². The van der Waals surface area contributed by atoms with Crippen LogP contribution in [0.1, 0.15) is 52.7 Å². The van der Waals surface area contributed by atoms with E-state index >= 15 is 0 Å². The lowest BCUT2D eigenvalue weighted by Crippen LogP contribution is -2.35. The zero-order valence-electron chi connectivity index (χ0n) is 13.1. The Labute approximate surface area is 117 Å². The maximum Gasteiger partial charge on any atom is 0.225 e. The van der Waals surface area contributed by atoms with Gasteiger partial charge in [0.25, 0.3) is 0 Å². The molecule has 0 saturated heterocycles. The van der Waals surface area contributed by atoms with Crippen LogP contribution in [0.4, 0.5) is 0 Å². The molecule has 0 heterocycles. The lowest BCUT2D eigenvalue weighted by atomic mass is 9.86. The highest BCUT2D eigenvalue weighted by Crippen LogP contribution is 2.22. The fourth-order valence-corrected chi connectivity index (χ4v) is 1.76. The first-order chi connectivity index (χ1) is 8.60. The second-order valence-electron chi connectivity index (χ2n) is 7.20. The topological polar surface area (TPSA) is 29.1 Å². The lowest BCUT2D eigenvalue weighted by Gasteiger charge is -2.19. The molecule has 106 valence electrons. The zero-order valence-corrected chi connectivity index (χ0v) is 13.1. The van der Waals surface area contributed by atoms with Crippen molar-refractivity contribution >= 4 is 5.91 Å². The van der Waals surface area contributed by atoms with Crippen molar-refractivity contribution in [2.75, 3.05) is 6.54 Å². The Balaban J connectivity index is 2.50. The molecule has 0 aromatic heterocycles. The van der Waals surface area contributed by atoms with Gasteiger partial charge in [-0.25, -0.2) is 0 Å². The van der Waals surface area contributed by atoms with Crippen molar-refractivity contribution in [3.8, 4) is 0 Å². The highest BCUT2D eigenvalue weighted by molar-refractivity contribution is 5.81. The number of hydrogen-bond acceptors (Lipinski definition) is 1. The van der Waals surface area contributed by atoms with Gasteiger partial charge < -0.3 is 5.32 Å². The van der Waals surface area contributed by atoms with E-state index in [1.165, 1.54) is 11.1 Å². The predicted octanol–water partition coefficient (Wildman–Crippen LogP) is 3.69. The summed E-state index contributed by atoms with van der Waals surface area (Å²) in [5.41, 5.74) is 2.49. The second kappa shape index (κ2) is 5.77. The Kier molecular flexibility index (Phi) is 4.78. The molecule has 1 N–H and O–H groups in total. The normalized spacial score (nSPS) is 12.3. The van der Waals surface area contributed by atoms with Gasteiger partial charge in [0, 0.05) is 12.0 Å².